The molecule has 12 heavy (non-hydrogen) atoms. The fourth-order valence-corrected chi connectivity index (χ4v) is 1.28. The molecule has 1 heterocycles. The molecule has 0 aliphatic carbocycles. The summed E-state index contributed by atoms with van der Waals surface area (Å²) in [6.45, 7) is 0. The van der Waals surface area contributed by atoms with Gasteiger partial charge < -0.3 is 9.31 Å². The molecule has 1 aliphatic rings. The number of benzene rings is 1. The van der Waals surface area contributed by atoms with Crippen molar-refractivity contribution in [1.29, 1.82) is 0 Å². The van der Waals surface area contributed by atoms with Crippen LogP contribution in [0.1, 0.15) is 0 Å². The molecule has 2 nitrogen and oxygen atoms in total. The number of halogens is 1. The highest BCUT2D eigenvalue weighted by Crippen LogP contribution is 2.08. The summed E-state index contributed by atoms with van der Waals surface area (Å²) >= 11 is 3.36. The lowest BCUT2D eigenvalue weighted by molar-refractivity contribution is 0.423. The molecular weight excluding hydrogens is 219 g/mol. The Morgan fingerprint density at radius 1 is 1.00 bits per heavy atom. The van der Waals surface area contributed by atoms with Crippen LogP contribution in [0.15, 0.2) is 41.3 Å². The summed E-state index contributed by atoms with van der Waals surface area (Å²) in [6.07, 6.45) is 3.10. The van der Waals surface area contributed by atoms with Crippen molar-refractivity contribution in [3.63, 3.8) is 0 Å². The monoisotopic (exact) mass is 224 g/mol. The normalized spacial score (nSPS) is 14.2. The minimum absolute atomic E-state index is 0.266. The first kappa shape index (κ1) is 7.74. The van der Waals surface area contributed by atoms with E-state index < -0.39 is 0 Å². The number of hydrogen-bond donors (Lipinski definition) is 0. The number of hydrogen-bond acceptors (Lipinski definition) is 2. The van der Waals surface area contributed by atoms with E-state index in [4.69, 9.17) is 9.31 Å². The van der Waals surface area contributed by atoms with Gasteiger partial charge in [-0.1, -0.05) is 28.1 Å². The van der Waals surface area contributed by atoms with E-state index in [-0.39, 0.29) is 7.12 Å². The summed E-state index contributed by atoms with van der Waals surface area (Å²) in [6, 6.07) is 7.84. The molecule has 0 N–H and O–H groups in total. The summed E-state index contributed by atoms with van der Waals surface area (Å²) in [4.78, 5) is 0. The Bertz CT molecular complexity index is 288. The van der Waals surface area contributed by atoms with Crippen molar-refractivity contribution < 1.29 is 9.31 Å². The minimum atomic E-state index is -0.266. The van der Waals surface area contributed by atoms with Gasteiger partial charge in [0.15, 0.2) is 0 Å². The van der Waals surface area contributed by atoms with E-state index >= 15 is 0 Å². The first-order chi connectivity index (χ1) is 5.86. The summed E-state index contributed by atoms with van der Waals surface area (Å²) in [5.41, 5.74) is 1.02. The molecule has 0 unspecified atom stereocenters. The maximum absolute atomic E-state index is 5.16. The molecule has 0 amide bonds. The lowest BCUT2D eigenvalue weighted by atomic mass is 9.80. The van der Waals surface area contributed by atoms with Gasteiger partial charge in [0.05, 0.1) is 12.5 Å². The van der Waals surface area contributed by atoms with E-state index in [9.17, 15) is 0 Å². The summed E-state index contributed by atoms with van der Waals surface area (Å²) in [5.74, 6) is 0. The van der Waals surface area contributed by atoms with E-state index in [1.54, 1.807) is 12.5 Å². The molecule has 0 fully saturated rings. The van der Waals surface area contributed by atoms with Gasteiger partial charge in [-0.25, -0.2) is 0 Å². The van der Waals surface area contributed by atoms with Gasteiger partial charge >= 0.3 is 7.12 Å². The van der Waals surface area contributed by atoms with Crippen molar-refractivity contribution in [2.45, 2.75) is 0 Å². The summed E-state index contributed by atoms with van der Waals surface area (Å²) < 4.78 is 11.4. The van der Waals surface area contributed by atoms with Gasteiger partial charge in [0, 0.05) is 9.94 Å². The van der Waals surface area contributed by atoms with E-state index in [2.05, 4.69) is 15.9 Å². The molecule has 0 atom stereocenters. The Balaban J connectivity index is 2.18. The van der Waals surface area contributed by atoms with Gasteiger partial charge in [0.1, 0.15) is 0 Å². The molecule has 60 valence electrons. The van der Waals surface area contributed by atoms with Gasteiger partial charge in [-0.2, -0.15) is 0 Å². The van der Waals surface area contributed by atoms with Crippen molar-refractivity contribution in [2.24, 2.45) is 0 Å². The van der Waals surface area contributed by atoms with Gasteiger partial charge in [-0.15, -0.1) is 0 Å². The third kappa shape index (κ3) is 1.48. The summed E-state index contributed by atoms with van der Waals surface area (Å²) in [7, 11) is -0.266. The van der Waals surface area contributed by atoms with E-state index in [1.165, 1.54) is 0 Å². The van der Waals surface area contributed by atoms with Crippen LogP contribution in [0.5, 0.6) is 0 Å². The standard InChI is InChI=1S/C8H6BBrO2/c10-8-3-1-7(2-4-8)9-11-5-6-12-9/h1-6H. The van der Waals surface area contributed by atoms with Crippen LogP contribution in [0, 0.1) is 0 Å². The van der Waals surface area contributed by atoms with Crippen LogP contribution >= 0.6 is 15.9 Å². The van der Waals surface area contributed by atoms with Crippen LogP contribution in [0.25, 0.3) is 0 Å². The van der Waals surface area contributed by atoms with Crippen molar-refractivity contribution in [3.05, 3.63) is 41.3 Å². The third-order valence-corrected chi connectivity index (χ3v) is 2.13. The van der Waals surface area contributed by atoms with E-state index in [0.29, 0.717) is 0 Å². The third-order valence-electron chi connectivity index (χ3n) is 1.60. The van der Waals surface area contributed by atoms with E-state index in [1.807, 2.05) is 24.3 Å². The second kappa shape index (κ2) is 3.23. The predicted molar refractivity (Wildman–Crippen MR) is 50.8 cm³/mol. The van der Waals surface area contributed by atoms with Crippen LogP contribution in [0.2, 0.25) is 0 Å². The zero-order valence-electron chi connectivity index (χ0n) is 6.24. The Morgan fingerprint density at radius 3 is 2.17 bits per heavy atom. The van der Waals surface area contributed by atoms with Crippen molar-refractivity contribution in [3.8, 4) is 0 Å². The Hall–Kier alpha value is -0.895. The summed E-state index contributed by atoms with van der Waals surface area (Å²) in [5, 5.41) is 0. The highest BCUT2D eigenvalue weighted by molar-refractivity contribution is 9.10. The molecule has 2 rings (SSSR count). The minimum Gasteiger partial charge on any atom is -0.525 e. The largest absolute Gasteiger partial charge is 0.631 e. The van der Waals surface area contributed by atoms with Crippen LogP contribution in [0.4, 0.5) is 0 Å². The van der Waals surface area contributed by atoms with Crippen LogP contribution < -0.4 is 5.46 Å². The van der Waals surface area contributed by atoms with Gasteiger partial charge in [-0.05, 0) is 12.1 Å². The maximum atomic E-state index is 5.16. The van der Waals surface area contributed by atoms with Crippen LogP contribution in [0.3, 0.4) is 0 Å². The molecule has 0 radical (unpaired) electrons. The van der Waals surface area contributed by atoms with Crippen LogP contribution in [-0.4, -0.2) is 7.12 Å². The molecule has 0 aromatic heterocycles. The van der Waals surface area contributed by atoms with Crippen molar-refractivity contribution in [1.82, 2.24) is 0 Å². The topological polar surface area (TPSA) is 18.5 Å². The average molecular weight is 225 g/mol. The molecular formula is C8H6BBrO2. The molecule has 0 spiro atoms. The lowest BCUT2D eigenvalue weighted by Gasteiger charge is -2.03. The molecule has 0 saturated heterocycles. The second-order valence-electron chi connectivity index (χ2n) is 2.43. The fraction of sp³-hybridized carbons (Fsp3) is 0. The smallest absolute Gasteiger partial charge is 0.525 e. The fourth-order valence-electron chi connectivity index (χ4n) is 1.02. The zero-order valence-corrected chi connectivity index (χ0v) is 7.82. The molecule has 4 heteroatoms. The molecule has 0 saturated carbocycles. The van der Waals surface area contributed by atoms with Gasteiger partial charge in [0.2, 0.25) is 0 Å². The number of rotatable bonds is 1. The first-order valence-electron chi connectivity index (χ1n) is 3.58. The van der Waals surface area contributed by atoms with E-state index in [0.717, 1.165) is 9.94 Å². The van der Waals surface area contributed by atoms with Crippen molar-refractivity contribution >= 4 is 28.5 Å². The van der Waals surface area contributed by atoms with Crippen molar-refractivity contribution in [2.75, 3.05) is 0 Å². The average Bonchev–Trinajstić information content (AvgIpc) is 2.58. The maximum Gasteiger partial charge on any atom is 0.631 e. The highest BCUT2D eigenvalue weighted by atomic mass is 79.9. The highest BCUT2D eigenvalue weighted by Gasteiger charge is 2.25. The Morgan fingerprint density at radius 2 is 1.58 bits per heavy atom. The molecule has 1 aliphatic heterocycles. The van der Waals surface area contributed by atoms with Gasteiger partial charge in [-0.3, -0.25) is 0 Å². The first-order valence-corrected chi connectivity index (χ1v) is 4.37. The molecule has 0 bridgehead atoms. The van der Waals surface area contributed by atoms with Crippen LogP contribution in [-0.2, 0) is 9.31 Å². The SMILES string of the molecule is Brc1ccc(B2OC=CO2)cc1. The Kier molecular flexibility index (Phi) is 2.08. The molecule has 1 aromatic rings. The predicted octanol–water partition coefficient (Wildman–Crippen LogP) is 1.66. The quantitative estimate of drug-likeness (QED) is 0.676. The molecule has 1 aromatic carbocycles. The Labute approximate surface area is 79.5 Å². The van der Waals surface area contributed by atoms with Gasteiger partial charge in [0.25, 0.3) is 0 Å². The lowest BCUT2D eigenvalue weighted by Crippen LogP contribution is -2.31. The second-order valence-corrected chi connectivity index (χ2v) is 3.34. The zero-order chi connectivity index (χ0) is 8.39.